The normalized spacial score (nSPS) is 16.5. The van der Waals surface area contributed by atoms with E-state index in [2.05, 4.69) is 20.7 Å². The molecule has 1 aliphatic heterocycles. The van der Waals surface area contributed by atoms with Crippen LogP contribution in [0.4, 0.5) is 4.79 Å². The molecule has 26 heavy (non-hydrogen) atoms. The Morgan fingerprint density at radius 1 is 1.23 bits per heavy atom. The first-order valence-electron chi connectivity index (χ1n) is 8.74. The van der Waals surface area contributed by atoms with E-state index >= 15 is 0 Å². The Balaban J connectivity index is 1.77. The molecule has 0 aliphatic carbocycles. The molecule has 1 aromatic rings. The van der Waals surface area contributed by atoms with Gasteiger partial charge in [0.05, 0.1) is 5.75 Å². The Bertz CT molecular complexity index is 706. The van der Waals surface area contributed by atoms with Crippen LogP contribution in [0.1, 0.15) is 39.2 Å². The number of benzene rings is 1. The molecule has 1 amide bonds. The van der Waals surface area contributed by atoms with Gasteiger partial charge in [0.15, 0.2) is 0 Å². The lowest BCUT2D eigenvalue weighted by atomic mass is 9.97. The van der Waals surface area contributed by atoms with Gasteiger partial charge in [-0.25, -0.2) is 17.9 Å². The van der Waals surface area contributed by atoms with Crippen molar-refractivity contribution in [1.82, 2.24) is 9.62 Å². The fourth-order valence-corrected chi connectivity index (χ4v) is 4.23. The van der Waals surface area contributed by atoms with Gasteiger partial charge < -0.3 is 9.64 Å². The van der Waals surface area contributed by atoms with Crippen LogP contribution in [0.3, 0.4) is 0 Å². The predicted molar refractivity (Wildman–Crippen MR) is 105 cm³/mol. The van der Waals surface area contributed by atoms with Gasteiger partial charge in [0.2, 0.25) is 10.0 Å². The Hall–Kier alpha value is -1.12. The monoisotopic (exact) mass is 446 g/mol. The summed E-state index contributed by atoms with van der Waals surface area (Å²) in [7, 11) is -3.37. The van der Waals surface area contributed by atoms with Gasteiger partial charge in [0.1, 0.15) is 5.60 Å². The molecule has 1 saturated heterocycles. The molecule has 1 heterocycles. The molecular formula is C18H27BrN2O4S. The Kier molecular flexibility index (Phi) is 7.10. The summed E-state index contributed by atoms with van der Waals surface area (Å²) in [4.78, 5) is 13.7. The average molecular weight is 447 g/mol. The van der Waals surface area contributed by atoms with Gasteiger partial charge >= 0.3 is 6.09 Å². The molecule has 1 fully saturated rings. The zero-order chi connectivity index (χ0) is 19.4. The minimum atomic E-state index is -3.37. The Labute approximate surface area is 164 Å². The zero-order valence-corrected chi connectivity index (χ0v) is 17.9. The van der Waals surface area contributed by atoms with Crippen LogP contribution >= 0.6 is 15.9 Å². The van der Waals surface area contributed by atoms with Crippen LogP contribution < -0.4 is 4.72 Å². The summed E-state index contributed by atoms with van der Waals surface area (Å²) in [6.07, 6.45) is 1.23. The minimum Gasteiger partial charge on any atom is -0.444 e. The van der Waals surface area contributed by atoms with Gasteiger partial charge in [0.25, 0.3) is 0 Å². The molecule has 0 atom stereocenters. The van der Waals surface area contributed by atoms with E-state index in [1.165, 1.54) is 0 Å². The average Bonchev–Trinajstić information content (AvgIpc) is 2.54. The summed E-state index contributed by atoms with van der Waals surface area (Å²) < 4.78 is 33.5. The van der Waals surface area contributed by atoms with Gasteiger partial charge in [-0.2, -0.15) is 0 Å². The van der Waals surface area contributed by atoms with Crippen LogP contribution in [0.2, 0.25) is 0 Å². The summed E-state index contributed by atoms with van der Waals surface area (Å²) in [5.41, 5.74) is 0.247. The van der Waals surface area contributed by atoms with Crippen molar-refractivity contribution in [2.24, 2.45) is 5.92 Å². The molecule has 6 nitrogen and oxygen atoms in total. The largest absolute Gasteiger partial charge is 0.444 e. The van der Waals surface area contributed by atoms with Gasteiger partial charge in [0, 0.05) is 24.1 Å². The number of hydrogen-bond acceptors (Lipinski definition) is 4. The number of amides is 1. The van der Waals surface area contributed by atoms with Crippen molar-refractivity contribution in [2.45, 2.75) is 45.0 Å². The van der Waals surface area contributed by atoms with Crippen molar-refractivity contribution < 1.29 is 17.9 Å². The number of piperidine rings is 1. The molecule has 0 saturated carbocycles. The third kappa shape index (κ3) is 7.25. The second-order valence-electron chi connectivity index (χ2n) is 7.64. The maximum Gasteiger partial charge on any atom is 0.410 e. The lowest BCUT2D eigenvalue weighted by Crippen LogP contribution is -2.43. The van der Waals surface area contributed by atoms with E-state index in [1.54, 1.807) is 17.0 Å². The highest BCUT2D eigenvalue weighted by molar-refractivity contribution is 9.10. The number of carbonyl (C=O) groups excluding carboxylic acids is 1. The van der Waals surface area contributed by atoms with Gasteiger partial charge in [-0.15, -0.1) is 0 Å². The van der Waals surface area contributed by atoms with Gasteiger partial charge in [-0.3, -0.25) is 0 Å². The molecule has 1 N–H and O–H groups in total. The van der Waals surface area contributed by atoms with Crippen LogP contribution in [0.15, 0.2) is 28.7 Å². The van der Waals surface area contributed by atoms with E-state index in [-0.39, 0.29) is 17.8 Å². The number of hydrogen-bond donors (Lipinski definition) is 1. The van der Waals surface area contributed by atoms with E-state index in [1.807, 2.05) is 32.9 Å². The van der Waals surface area contributed by atoms with E-state index < -0.39 is 15.6 Å². The number of ether oxygens (including phenoxy) is 1. The summed E-state index contributed by atoms with van der Waals surface area (Å²) in [6.45, 7) is 7.12. The molecule has 0 aromatic heterocycles. The second-order valence-corrected chi connectivity index (χ2v) is 10.4. The number of nitrogens with zero attached hydrogens (tertiary/aromatic N) is 1. The zero-order valence-electron chi connectivity index (χ0n) is 15.5. The molecule has 0 radical (unpaired) electrons. The van der Waals surface area contributed by atoms with Crippen LogP contribution in [-0.2, 0) is 20.5 Å². The summed E-state index contributed by atoms with van der Waals surface area (Å²) in [5, 5.41) is 0. The lowest BCUT2D eigenvalue weighted by molar-refractivity contribution is 0.0185. The standard InChI is InChI=1S/C18H27BrN2O4S/c1-18(2,3)25-17(22)21-10-8-14(9-11-21)12-20-26(23,24)13-15-4-6-16(19)7-5-15/h4-7,14,20H,8-13H2,1-3H3. The molecule has 1 aromatic carbocycles. The first-order valence-corrected chi connectivity index (χ1v) is 11.2. The summed E-state index contributed by atoms with van der Waals surface area (Å²) >= 11 is 3.34. The van der Waals surface area contributed by atoms with Gasteiger partial charge in [-0.05, 0) is 57.2 Å². The lowest BCUT2D eigenvalue weighted by Gasteiger charge is -2.33. The van der Waals surface area contributed by atoms with Crippen molar-refractivity contribution in [2.75, 3.05) is 19.6 Å². The van der Waals surface area contributed by atoms with Crippen LogP contribution in [-0.4, -0.2) is 44.6 Å². The molecule has 2 rings (SSSR count). The minimum absolute atomic E-state index is 0.0307. The molecule has 8 heteroatoms. The quantitative estimate of drug-likeness (QED) is 0.750. The number of sulfonamides is 1. The maximum absolute atomic E-state index is 12.2. The van der Waals surface area contributed by atoms with E-state index in [0.29, 0.717) is 19.6 Å². The molecule has 1 aliphatic rings. The summed E-state index contributed by atoms with van der Waals surface area (Å²) in [5.74, 6) is 0.199. The predicted octanol–water partition coefficient (Wildman–Crippen LogP) is 3.52. The van der Waals surface area contributed by atoms with E-state index in [4.69, 9.17) is 4.74 Å². The number of rotatable bonds is 5. The van der Waals surface area contributed by atoms with Crippen molar-refractivity contribution in [3.63, 3.8) is 0 Å². The number of halogens is 1. The third-order valence-corrected chi connectivity index (χ3v) is 5.98. The highest BCUT2D eigenvalue weighted by atomic mass is 79.9. The maximum atomic E-state index is 12.2. The van der Waals surface area contributed by atoms with E-state index in [9.17, 15) is 13.2 Å². The fourth-order valence-electron chi connectivity index (χ4n) is 2.74. The van der Waals surface area contributed by atoms with Crippen LogP contribution in [0.25, 0.3) is 0 Å². The van der Waals surface area contributed by atoms with Crippen molar-refractivity contribution in [1.29, 1.82) is 0 Å². The third-order valence-electron chi connectivity index (χ3n) is 4.13. The Morgan fingerprint density at radius 2 is 1.81 bits per heavy atom. The van der Waals surface area contributed by atoms with Crippen LogP contribution in [0, 0.1) is 5.92 Å². The van der Waals surface area contributed by atoms with E-state index in [0.717, 1.165) is 22.9 Å². The first-order chi connectivity index (χ1) is 12.0. The molecule has 0 bridgehead atoms. The van der Waals surface area contributed by atoms with Crippen LogP contribution in [0.5, 0.6) is 0 Å². The number of likely N-dealkylation sites (tertiary alicyclic amines) is 1. The molecule has 0 unspecified atom stereocenters. The van der Waals surface area contributed by atoms with Crippen molar-refractivity contribution in [3.8, 4) is 0 Å². The number of nitrogens with one attached hydrogen (secondary N) is 1. The fraction of sp³-hybridized carbons (Fsp3) is 0.611. The van der Waals surface area contributed by atoms with Crippen molar-refractivity contribution in [3.05, 3.63) is 34.3 Å². The van der Waals surface area contributed by atoms with Gasteiger partial charge in [-0.1, -0.05) is 28.1 Å². The number of carbonyl (C=O) groups is 1. The van der Waals surface area contributed by atoms with Crippen molar-refractivity contribution >= 4 is 32.0 Å². The smallest absolute Gasteiger partial charge is 0.410 e. The Morgan fingerprint density at radius 3 is 2.35 bits per heavy atom. The molecule has 146 valence electrons. The highest BCUT2D eigenvalue weighted by Gasteiger charge is 2.27. The SMILES string of the molecule is CC(C)(C)OC(=O)N1CCC(CNS(=O)(=O)Cc2ccc(Br)cc2)CC1. The molecule has 0 spiro atoms. The first kappa shape index (κ1) is 21.2. The molecular weight excluding hydrogens is 420 g/mol. The summed E-state index contributed by atoms with van der Waals surface area (Å²) in [6, 6.07) is 7.25. The second kappa shape index (κ2) is 8.71. The topological polar surface area (TPSA) is 75.7 Å². The highest BCUT2D eigenvalue weighted by Crippen LogP contribution is 2.20.